The lowest BCUT2D eigenvalue weighted by Gasteiger charge is -2.17. The maximum absolute atomic E-state index is 10.8. The molecule has 0 amide bonds. The number of rotatable bonds is 13. The van der Waals surface area contributed by atoms with Crippen LogP contribution in [0, 0.1) is 30.3 Å². The molecule has 2 aromatic heterocycles. The quantitative estimate of drug-likeness (QED) is 0.234. The molecule has 16 heteroatoms. The first kappa shape index (κ1) is 23.9. The minimum absolute atomic E-state index is 0.185. The predicted molar refractivity (Wildman–Crippen MR) is 105 cm³/mol. The average Bonchev–Trinajstić information content (AvgIpc) is 2.73. The summed E-state index contributed by atoms with van der Waals surface area (Å²) in [6, 6.07) is 6.18. The van der Waals surface area contributed by atoms with Crippen molar-refractivity contribution in [3.8, 4) is 0 Å². The minimum Gasteiger partial charge on any atom is -0.311 e. The molecular weight excluding hydrogens is 458 g/mol. The fourth-order valence-electron chi connectivity index (χ4n) is 2.38. The Balaban J connectivity index is 2.26. The Morgan fingerprint density at radius 1 is 0.871 bits per heavy atom. The van der Waals surface area contributed by atoms with Gasteiger partial charge in [-0.25, -0.2) is 9.97 Å². The van der Waals surface area contributed by atoms with Crippen molar-refractivity contribution >= 4 is 21.6 Å². The summed E-state index contributed by atoms with van der Waals surface area (Å²) >= 11 is 0. The second-order valence-corrected chi connectivity index (χ2v) is 7.63. The van der Waals surface area contributed by atoms with Crippen LogP contribution < -0.4 is 0 Å². The third-order valence-electron chi connectivity index (χ3n) is 3.62. The van der Waals surface area contributed by atoms with Crippen LogP contribution in [0.25, 0.3) is 0 Å². The van der Waals surface area contributed by atoms with Crippen molar-refractivity contribution in [3.05, 3.63) is 78.1 Å². The van der Waals surface area contributed by atoms with Gasteiger partial charge in [0, 0.05) is 23.5 Å². The summed E-state index contributed by atoms with van der Waals surface area (Å²) < 4.78 is 0. The molecule has 2 aromatic rings. The van der Waals surface area contributed by atoms with Crippen LogP contribution in [0.1, 0.15) is 36.7 Å². The van der Waals surface area contributed by atoms with Crippen molar-refractivity contribution in [2.45, 2.75) is 35.6 Å². The lowest BCUT2D eigenvalue weighted by Crippen LogP contribution is -2.18. The van der Waals surface area contributed by atoms with Crippen molar-refractivity contribution in [2.75, 3.05) is 6.61 Å². The second kappa shape index (κ2) is 11.7. The monoisotopic (exact) mass is 473 g/mol. The molecule has 0 aliphatic rings. The molecule has 0 bridgehead atoms. The first-order chi connectivity index (χ1) is 14.8. The molecule has 2 heterocycles. The van der Waals surface area contributed by atoms with E-state index in [0.717, 1.165) is 21.6 Å². The van der Waals surface area contributed by atoms with Gasteiger partial charge >= 0.3 is 0 Å². The molecular formula is C15H15N5O9S2. The Bertz CT molecular complexity index is 935. The third kappa shape index (κ3) is 7.41. The van der Waals surface area contributed by atoms with E-state index in [1.54, 1.807) is 19.1 Å². The molecule has 166 valence electrons. The highest BCUT2D eigenvalue weighted by atomic mass is 33.1. The zero-order valence-corrected chi connectivity index (χ0v) is 17.4. The molecule has 0 radical (unpaired) electrons. The van der Waals surface area contributed by atoms with Gasteiger partial charge in [-0.05, 0) is 40.1 Å². The van der Waals surface area contributed by atoms with Crippen molar-refractivity contribution in [2.24, 2.45) is 0 Å². The largest absolute Gasteiger partial charge is 0.311 e. The van der Waals surface area contributed by atoms with Gasteiger partial charge in [-0.1, -0.05) is 19.1 Å². The Kier molecular flexibility index (Phi) is 9.01. The number of hydrogen-bond donors (Lipinski definition) is 0. The van der Waals surface area contributed by atoms with Crippen molar-refractivity contribution in [1.29, 1.82) is 0 Å². The molecule has 2 unspecified atom stereocenters. The standard InChI is InChI=1S/C15H15N5O9S2/c1-2-12(28-19(23)24)10-5-3-7-16-14(10)30-31-15-11(6-4-8-17-15)13(29-20(25)26)9-27-18(21)22/h3-8,12-13H,2,9H2,1H3. The molecule has 0 N–H and O–H groups in total. The van der Waals surface area contributed by atoms with Crippen molar-refractivity contribution in [1.82, 2.24) is 9.97 Å². The van der Waals surface area contributed by atoms with Gasteiger partial charge in [-0.15, -0.1) is 30.3 Å². The summed E-state index contributed by atoms with van der Waals surface area (Å²) in [7, 11) is 2.13. The molecule has 0 saturated heterocycles. The van der Waals surface area contributed by atoms with E-state index in [2.05, 4.69) is 19.6 Å². The Morgan fingerprint density at radius 2 is 1.35 bits per heavy atom. The first-order valence-corrected chi connectivity index (χ1v) is 10.6. The van der Waals surface area contributed by atoms with E-state index in [0.29, 0.717) is 17.0 Å². The van der Waals surface area contributed by atoms with Gasteiger partial charge in [0.15, 0.2) is 6.10 Å². The lowest BCUT2D eigenvalue weighted by atomic mass is 10.1. The number of pyridine rings is 2. The third-order valence-corrected chi connectivity index (χ3v) is 5.90. The number of aromatic nitrogens is 2. The van der Waals surface area contributed by atoms with Crippen LogP contribution in [0.3, 0.4) is 0 Å². The Labute approximate surface area is 182 Å². The van der Waals surface area contributed by atoms with E-state index >= 15 is 0 Å². The molecule has 0 aliphatic heterocycles. The Morgan fingerprint density at radius 3 is 1.81 bits per heavy atom. The summed E-state index contributed by atoms with van der Waals surface area (Å²) in [5.41, 5.74) is 0.663. The van der Waals surface area contributed by atoms with Gasteiger partial charge < -0.3 is 14.5 Å². The van der Waals surface area contributed by atoms with E-state index in [-0.39, 0.29) is 10.6 Å². The molecule has 0 aliphatic carbocycles. The highest BCUT2D eigenvalue weighted by molar-refractivity contribution is 8.76. The van der Waals surface area contributed by atoms with Crippen LogP contribution in [-0.2, 0) is 14.5 Å². The molecule has 2 atom stereocenters. The van der Waals surface area contributed by atoms with Crippen molar-refractivity contribution in [3.63, 3.8) is 0 Å². The van der Waals surface area contributed by atoms with Gasteiger partial charge in [0.2, 0.25) is 0 Å². The summed E-state index contributed by atoms with van der Waals surface area (Å²) in [4.78, 5) is 53.9. The van der Waals surface area contributed by atoms with Crippen LogP contribution in [0.5, 0.6) is 0 Å². The van der Waals surface area contributed by atoms with Gasteiger partial charge in [-0.2, -0.15) is 0 Å². The van der Waals surface area contributed by atoms with E-state index in [1.807, 2.05) is 0 Å². The van der Waals surface area contributed by atoms with E-state index < -0.39 is 34.1 Å². The summed E-state index contributed by atoms with van der Waals surface area (Å²) in [5.74, 6) is 0. The van der Waals surface area contributed by atoms with Crippen molar-refractivity contribution < 1.29 is 29.8 Å². The molecule has 0 saturated carbocycles. The fraction of sp³-hybridized carbons (Fsp3) is 0.333. The van der Waals surface area contributed by atoms with Gasteiger partial charge in [0.1, 0.15) is 22.8 Å². The SMILES string of the molecule is CCC(O[N+](=O)[O-])c1cccnc1SSc1ncccc1C(CO[N+](=O)[O-])O[N+](=O)[O-]. The average molecular weight is 473 g/mol. The summed E-state index contributed by atoms with van der Waals surface area (Å²) in [6.07, 6.45) is 0.995. The number of hydrogen-bond acceptors (Lipinski definition) is 13. The van der Waals surface area contributed by atoms with Gasteiger partial charge in [-0.3, -0.25) is 0 Å². The normalized spacial score (nSPS) is 12.4. The summed E-state index contributed by atoms with van der Waals surface area (Å²) in [6.45, 7) is 0.996. The van der Waals surface area contributed by atoms with Crippen LogP contribution in [-0.4, -0.2) is 31.8 Å². The molecule has 2 rings (SSSR count). The van der Waals surface area contributed by atoms with Crippen LogP contribution in [0.2, 0.25) is 0 Å². The zero-order chi connectivity index (χ0) is 22.8. The molecule has 31 heavy (non-hydrogen) atoms. The first-order valence-electron chi connectivity index (χ1n) is 8.45. The fourth-order valence-corrected chi connectivity index (χ4v) is 4.65. The lowest BCUT2D eigenvalue weighted by molar-refractivity contribution is -0.792. The van der Waals surface area contributed by atoms with Gasteiger partial charge in [0.25, 0.3) is 15.3 Å². The second-order valence-electron chi connectivity index (χ2n) is 5.53. The van der Waals surface area contributed by atoms with E-state index in [9.17, 15) is 30.3 Å². The maximum atomic E-state index is 10.8. The van der Waals surface area contributed by atoms with Gasteiger partial charge in [0.05, 0.1) is 0 Å². The molecule has 0 aromatic carbocycles. The highest BCUT2D eigenvalue weighted by Gasteiger charge is 2.24. The van der Waals surface area contributed by atoms with Crippen LogP contribution >= 0.6 is 21.6 Å². The number of nitrogens with zero attached hydrogens (tertiary/aromatic N) is 5. The highest BCUT2D eigenvalue weighted by Crippen LogP contribution is 2.42. The maximum Gasteiger partial charge on any atom is 0.295 e. The van der Waals surface area contributed by atoms with Crippen LogP contribution in [0.15, 0.2) is 46.7 Å². The zero-order valence-electron chi connectivity index (χ0n) is 15.8. The molecule has 0 spiro atoms. The molecule has 14 nitrogen and oxygen atoms in total. The Hall–Kier alpha value is -3.40. The summed E-state index contributed by atoms with van der Waals surface area (Å²) in [5, 5.41) is 29.7. The minimum atomic E-state index is -1.40. The topological polar surface area (TPSA) is 183 Å². The van der Waals surface area contributed by atoms with E-state index in [4.69, 9.17) is 4.84 Å². The predicted octanol–water partition coefficient (Wildman–Crippen LogP) is 3.39. The van der Waals surface area contributed by atoms with E-state index in [1.165, 1.54) is 24.5 Å². The smallest absolute Gasteiger partial charge is 0.295 e. The molecule has 0 fully saturated rings. The van der Waals surface area contributed by atoms with Crippen LogP contribution in [0.4, 0.5) is 0 Å².